The minimum absolute atomic E-state index is 0.0560. The molecule has 106 valence electrons. The average molecular weight is 263 g/mol. The van der Waals surface area contributed by atoms with E-state index in [0.717, 1.165) is 16.9 Å². The first-order chi connectivity index (χ1) is 8.69. The zero-order valence-electron chi connectivity index (χ0n) is 12.8. The van der Waals surface area contributed by atoms with Crippen LogP contribution in [-0.4, -0.2) is 18.1 Å². The van der Waals surface area contributed by atoms with E-state index >= 15 is 0 Å². The minimum Gasteiger partial charge on any atom is -0.483 e. The van der Waals surface area contributed by atoms with Crippen molar-refractivity contribution in [2.24, 2.45) is 0 Å². The molecule has 0 saturated carbocycles. The number of benzene rings is 1. The molecule has 19 heavy (non-hydrogen) atoms. The zero-order valence-corrected chi connectivity index (χ0v) is 12.8. The van der Waals surface area contributed by atoms with E-state index < -0.39 is 0 Å². The van der Waals surface area contributed by atoms with Crippen LogP contribution in [0.15, 0.2) is 18.2 Å². The van der Waals surface area contributed by atoms with Crippen LogP contribution in [0, 0.1) is 6.92 Å². The van der Waals surface area contributed by atoms with Gasteiger partial charge in [0.2, 0.25) is 0 Å². The van der Waals surface area contributed by atoms with Crippen LogP contribution in [0.2, 0.25) is 0 Å². The van der Waals surface area contributed by atoms with E-state index in [-0.39, 0.29) is 18.1 Å². The van der Waals surface area contributed by atoms with Gasteiger partial charge in [-0.15, -0.1) is 0 Å². The number of hydrogen-bond acceptors (Lipinski definition) is 2. The minimum atomic E-state index is -0.228. The summed E-state index contributed by atoms with van der Waals surface area (Å²) >= 11 is 0. The molecule has 0 aliphatic heterocycles. The maximum Gasteiger partial charge on any atom is 0.258 e. The van der Waals surface area contributed by atoms with Crippen molar-refractivity contribution in [2.45, 2.75) is 53.0 Å². The van der Waals surface area contributed by atoms with E-state index in [0.29, 0.717) is 5.92 Å². The number of ether oxygens (including phenoxy) is 1. The van der Waals surface area contributed by atoms with Gasteiger partial charge in [-0.2, -0.15) is 0 Å². The molecule has 0 aliphatic carbocycles. The van der Waals surface area contributed by atoms with Crippen LogP contribution in [0.5, 0.6) is 5.75 Å². The molecule has 0 spiro atoms. The molecule has 0 fully saturated rings. The van der Waals surface area contributed by atoms with Crippen LogP contribution in [0.25, 0.3) is 0 Å². The van der Waals surface area contributed by atoms with E-state index in [1.807, 2.05) is 33.8 Å². The SMILES string of the molecule is Cc1ccc(C(C)C)c(OCC(=O)NC(C)(C)C)c1. The van der Waals surface area contributed by atoms with E-state index in [1.165, 1.54) is 0 Å². The largest absolute Gasteiger partial charge is 0.483 e. The number of aryl methyl sites for hydroxylation is 1. The van der Waals surface area contributed by atoms with Crippen molar-refractivity contribution in [3.63, 3.8) is 0 Å². The lowest BCUT2D eigenvalue weighted by atomic mass is 10.0. The molecule has 0 bridgehead atoms. The predicted molar refractivity (Wildman–Crippen MR) is 78.7 cm³/mol. The van der Waals surface area contributed by atoms with E-state index in [2.05, 4.69) is 31.3 Å². The monoisotopic (exact) mass is 263 g/mol. The van der Waals surface area contributed by atoms with Gasteiger partial charge in [-0.25, -0.2) is 0 Å². The fourth-order valence-electron chi connectivity index (χ4n) is 1.84. The third kappa shape index (κ3) is 5.33. The Morgan fingerprint density at radius 2 is 1.95 bits per heavy atom. The highest BCUT2D eigenvalue weighted by Gasteiger charge is 2.15. The van der Waals surface area contributed by atoms with Crippen molar-refractivity contribution in [3.8, 4) is 5.75 Å². The van der Waals surface area contributed by atoms with Crippen LogP contribution < -0.4 is 10.1 Å². The normalized spacial score (nSPS) is 11.5. The Hall–Kier alpha value is -1.51. The standard InChI is InChI=1S/C16H25NO2/c1-11(2)13-8-7-12(3)9-14(13)19-10-15(18)17-16(4,5)6/h7-9,11H,10H2,1-6H3,(H,17,18). The molecular formula is C16H25NO2. The van der Waals surface area contributed by atoms with E-state index in [1.54, 1.807) is 0 Å². The van der Waals surface area contributed by atoms with Crippen LogP contribution in [-0.2, 0) is 4.79 Å². The second-order valence-corrected chi connectivity index (χ2v) is 6.28. The van der Waals surface area contributed by atoms with Gasteiger partial charge in [-0.1, -0.05) is 26.0 Å². The fraction of sp³-hybridized carbons (Fsp3) is 0.562. The molecule has 0 aliphatic rings. The lowest BCUT2D eigenvalue weighted by Gasteiger charge is -2.21. The van der Waals surface area contributed by atoms with Gasteiger partial charge in [0, 0.05) is 5.54 Å². The van der Waals surface area contributed by atoms with Gasteiger partial charge in [0.25, 0.3) is 5.91 Å². The summed E-state index contributed by atoms with van der Waals surface area (Å²) in [5.41, 5.74) is 2.04. The van der Waals surface area contributed by atoms with Crippen molar-refractivity contribution < 1.29 is 9.53 Å². The maximum atomic E-state index is 11.8. The predicted octanol–water partition coefficient (Wildman–Crippen LogP) is 3.41. The number of rotatable bonds is 4. The summed E-state index contributed by atoms with van der Waals surface area (Å²) in [7, 11) is 0. The van der Waals surface area contributed by atoms with Crippen molar-refractivity contribution in [1.82, 2.24) is 5.32 Å². The highest BCUT2D eigenvalue weighted by atomic mass is 16.5. The van der Waals surface area contributed by atoms with E-state index in [4.69, 9.17) is 4.74 Å². The summed E-state index contributed by atoms with van der Waals surface area (Å²) in [6.07, 6.45) is 0. The van der Waals surface area contributed by atoms with E-state index in [9.17, 15) is 4.79 Å². The molecule has 3 heteroatoms. The second kappa shape index (κ2) is 6.09. The van der Waals surface area contributed by atoms with Crippen molar-refractivity contribution in [1.29, 1.82) is 0 Å². The molecule has 0 heterocycles. The smallest absolute Gasteiger partial charge is 0.258 e. The Balaban J connectivity index is 2.72. The first kappa shape index (κ1) is 15.5. The van der Waals surface area contributed by atoms with Crippen molar-refractivity contribution >= 4 is 5.91 Å². The van der Waals surface area contributed by atoms with Crippen LogP contribution in [0.1, 0.15) is 51.7 Å². The molecule has 0 atom stereocenters. The maximum absolute atomic E-state index is 11.8. The molecule has 0 saturated heterocycles. The molecule has 0 unspecified atom stereocenters. The zero-order chi connectivity index (χ0) is 14.6. The summed E-state index contributed by atoms with van der Waals surface area (Å²) in [6.45, 7) is 12.2. The summed E-state index contributed by atoms with van der Waals surface area (Å²) < 4.78 is 5.67. The third-order valence-corrected chi connectivity index (χ3v) is 2.66. The Morgan fingerprint density at radius 1 is 1.32 bits per heavy atom. The molecule has 0 radical (unpaired) electrons. The van der Waals surface area contributed by atoms with Gasteiger partial charge in [0.1, 0.15) is 5.75 Å². The fourth-order valence-corrected chi connectivity index (χ4v) is 1.84. The van der Waals surface area contributed by atoms with Crippen LogP contribution in [0.3, 0.4) is 0 Å². The molecule has 0 aromatic heterocycles. The average Bonchev–Trinajstić information content (AvgIpc) is 2.23. The summed E-state index contributed by atoms with van der Waals surface area (Å²) in [5, 5.41) is 2.89. The molecular weight excluding hydrogens is 238 g/mol. The Kier molecular flexibility index (Phi) is 4.98. The summed E-state index contributed by atoms with van der Waals surface area (Å²) in [5.74, 6) is 1.09. The van der Waals surface area contributed by atoms with Gasteiger partial charge in [-0.3, -0.25) is 4.79 Å². The molecule has 1 aromatic carbocycles. The number of carbonyl (C=O) groups excluding carboxylic acids is 1. The van der Waals surface area contributed by atoms with Gasteiger partial charge < -0.3 is 10.1 Å². The van der Waals surface area contributed by atoms with Crippen LogP contribution in [0.4, 0.5) is 0 Å². The molecule has 1 amide bonds. The first-order valence-electron chi connectivity index (χ1n) is 6.73. The van der Waals surface area contributed by atoms with Gasteiger partial charge in [0.15, 0.2) is 6.61 Å². The summed E-state index contributed by atoms with van der Waals surface area (Å²) in [6, 6.07) is 6.12. The molecule has 1 aromatic rings. The quantitative estimate of drug-likeness (QED) is 0.904. The lowest BCUT2D eigenvalue weighted by molar-refractivity contribution is -0.124. The highest BCUT2D eigenvalue weighted by Crippen LogP contribution is 2.27. The lowest BCUT2D eigenvalue weighted by Crippen LogP contribution is -2.43. The topological polar surface area (TPSA) is 38.3 Å². The van der Waals surface area contributed by atoms with Gasteiger partial charge in [0.05, 0.1) is 0 Å². The highest BCUT2D eigenvalue weighted by molar-refractivity contribution is 5.78. The molecule has 3 nitrogen and oxygen atoms in total. The van der Waals surface area contributed by atoms with Gasteiger partial charge in [-0.05, 0) is 50.8 Å². The Morgan fingerprint density at radius 3 is 2.47 bits per heavy atom. The number of hydrogen-bond donors (Lipinski definition) is 1. The summed E-state index contributed by atoms with van der Waals surface area (Å²) in [4.78, 5) is 11.8. The first-order valence-corrected chi connectivity index (χ1v) is 6.73. The van der Waals surface area contributed by atoms with Gasteiger partial charge >= 0.3 is 0 Å². The number of carbonyl (C=O) groups is 1. The van der Waals surface area contributed by atoms with Crippen LogP contribution >= 0.6 is 0 Å². The third-order valence-electron chi connectivity index (χ3n) is 2.66. The molecule has 1 N–H and O–H groups in total. The second-order valence-electron chi connectivity index (χ2n) is 6.28. The molecule has 1 rings (SSSR count). The van der Waals surface area contributed by atoms with Crippen molar-refractivity contribution in [3.05, 3.63) is 29.3 Å². The Labute approximate surface area is 116 Å². The van der Waals surface area contributed by atoms with Crippen molar-refractivity contribution in [2.75, 3.05) is 6.61 Å². The Bertz CT molecular complexity index is 445. The number of amides is 1. The number of nitrogens with one attached hydrogen (secondary N) is 1.